The van der Waals surface area contributed by atoms with Crippen molar-refractivity contribution < 1.29 is 18.0 Å². The first-order chi connectivity index (χ1) is 14.3. The number of fused-ring (bicyclic) bond motifs is 1. The van der Waals surface area contributed by atoms with Gasteiger partial charge in [0.15, 0.2) is 0 Å². The Kier molecular flexibility index (Phi) is 5.32. The molecule has 2 N–H and O–H groups in total. The number of halogens is 3. The van der Waals surface area contributed by atoms with Crippen LogP contribution in [0.5, 0.6) is 0 Å². The Morgan fingerprint density at radius 1 is 1.30 bits per heavy atom. The number of hydrogen-bond donors (Lipinski definition) is 2. The van der Waals surface area contributed by atoms with E-state index >= 15 is 0 Å². The Morgan fingerprint density at radius 2 is 2.13 bits per heavy atom. The molecule has 8 heteroatoms. The van der Waals surface area contributed by atoms with Gasteiger partial charge in [-0.15, -0.1) is 0 Å². The summed E-state index contributed by atoms with van der Waals surface area (Å²) < 4.78 is 38.8. The number of carbonyl (C=O) groups is 1. The minimum absolute atomic E-state index is 0.0127. The van der Waals surface area contributed by atoms with E-state index in [1.807, 2.05) is 25.1 Å². The van der Waals surface area contributed by atoms with E-state index in [0.717, 1.165) is 22.2 Å². The first-order valence-corrected chi connectivity index (χ1v) is 9.78. The predicted octanol–water partition coefficient (Wildman–Crippen LogP) is 5.19. The minimum Gasteiger partial charge on any atom is -0.344 e. The van der Waals surface area contributed by atoms with Crippen LogP contribution in [0.15, 0.2) is 48.8 Å². The van der Waals surface area contributed by atoms with Crippen LogP contribution in [0.3, 0.4) is 0 Å². The van der Waals surface area contributed by atoms with E-state index in [9.17, 15) is 18.0 Å². The molecule has 2 aromatic heterocycles. The van der Waals surface area contributed by atoms with Crippen molar-refractivity contribution >= 4 is 22.4 Å². The molecule has 3 aromatic rings. The first-order valence-electron chi connectivity index (χ1n) is 9.78. The Morgan fingerprint density at radius 3 is 2.80 bits per heavy atom. The molecule has 0 aliphatic heterocycles. The summed E-state index contributed by atoms with van der Waals surface area (Å²) in [7, 11) is 0. The molecule has 0 spiro atoms. The zero-order chi connectivity index (χ0) is 21.3. The van der Waals surface area contributed by atoms with Gasteiger partial charge in [-0.2, -0.15) is 18.3 Å². The maximum Gasteiger partial charge on any atom is 0.392 e. The maximum absolute atomic E-state index is 12.9. The van der Waals surface area contributed by atoms with Crippen LogP contribution in [0.1, 0.15) is 53.8 Å². The van der Waals surface area contributed by atoms with Crippen LogP contribution < -0.4 is 5.32 Å². The third-order valence-corrected chi connectivity index (χ3v) is 5.53. The maximum atomic E-state index is 12.9. The molecular formula is C22H21F3N4O. The van der Waals surface area contributed by atoms with Gasteiger partial charge in [-0.3, -0.25) is 14.9 Å². The average molecular weight is 414 g/mol. The molecule has 5 nitrogen and oxygen atoms in total. The lowest BCUT2D eigenvalue weighted by Gasteiger charge is -2.24. The second-order valence-corrected chi connectivity index (χ2v) is 7.55. The number of benzene rings is 1. The summed E-state index contributed by atoms with van der Waals surface area (Å²) in [5.41, 5.74) is 3.60. The zero-order valence-corrected chi connectivity index (χ0v) is 16.3. The number of pyridine rings is 1. The molecule has 0 saturated heterocycles. The zero-order valence-electron chi connectivity index (χ0n) is 16.3. The minimum atomic E-state index is -4.16. The highest BCUT2D eigenvalue weighted by atomic mass is 19.4. The van der Waals surface area contributed by atoms with Gasteiger partial charge in [-0.1, -0.05) is 24.3 Å². The average Bonchev–Trinajstić information content (AvgIpc) is 3.27. The van der Waals surface area contributed by atoms with Gasteiger partial charge < -0.3 is 5.32 Å². The molecule has 1 aliphatic carbocycles. The van der Waals surface area contributed by atoms with E-state index in [1.165, 1.54) is 6.20 Å². The lowest BCUT2D eigenvalue weighted by atomic mass is 9.85. The summed E-state index contributed by atoms with van der Waals surface area (Å²) in [6.07, 6.45) is 1.06. The number of rotatable bonds is 4. The highest BCUT2D eigenvalue weighted by Gasteiger charge is 2.39. The summed E-state index contributed by atoms with van der Waals surface area (Å²) in [4.78, 5) is 17.1. The van der Waals surface area contributed by atoms with Crippen molar-refractivity contribution in [1.82, 2.24) is 20.5 Å². The van der Waals surface area contributed by atoms with Crippen LogP contribution in [0.2, 0.25) is 0 Å². The van der Waals surface area contributed by atoms with Gasteiger partial charge in [0, 0.05) is 23.3 Å². The Hall–Kier alpha value is -3.16. The van der Waals surface area contributed by atoms with Gasteiger partial charge in [0.2, 0.25) is 0 Å². The van der Waals surface area contributed by atoms with Crippen molar-refractivity contribution in [3.63, 3.8) is 0 Å². The van der Waals surface area contributed by atoms with Gasteiger partial charge in [-0.25, -0.2) is 0 Å². The van der Waals surface area contributed by atoms with Gasteiger partial charge in [0.1, 0.15) is 0 Å². The number of aromatic amines is 1. The van der Waals surface area contributed by atoms with E-state index in [2.05, 4.69) is 20.5 Å². The number of aromatic nitrogens is 3. The standard InChI is InChI=1S/C22H21F3N4O/c1-13(19-9-10-27-29-19)28-21(30)16-11-15-3-2-4-18(20(15)26-12-16)14-5-7-17(8-6-14)22(23,24)25/h2-5,9-13,17H,6-8H2,1H3,(H,27,29)(H,28,30)/t13?,17-/m1/s1. The van der Waals surface area contributed by atoms with Crippen molar-refractivity contribution in [2.24, 2.45) is 5.92 Å². The Balaban J connectivity index is 1.57. The molecule has 1 unspecified atom stereocenters. The fraction of sp³-hybridized carbons (Fsp3) is 0.318. The molecule has 156 valence electrons. The molecule has 30 heavy (non-hydrogen) atoms. The molecule has 1 aliphatic rings. The topological polar surface area (TPSA) is 70.7 Å². The van der Waals surface area contributed by atoms with E-state index in [0.29, 0.717) is 17.5 Å². The fourth-order valence-electron chi connectivity index (χ4n) is 3.79. The summed E-state index contributed by atoms with van der Waals surface area (Å²) in [5, 5.41) is 10.4. The Bertz CT molecular complexity index is 1090. The van der Waals surface area contributed by atoms with Crippen LogP contribution in [0.4, 0.5) is 13.2 Å². The number of nitrogens with zero attached hydrogens (tertiary/aromatic N) is 2. The second kappa shape index (κ2) is 7.93. The van der Waals surface area contributed by atoms with Crippen molar-refractivity contribution in [3.8, 4) is 0 Å². The predicted molar refractivity (Wildman–Crippen MR) is 108 cm³/mol. The molecule has 2 heterocycles. The smallest absolute Gasteiger partial charge is 0.344 e. The SMILES string of the molecule is CC(NC(=O)c1cnc2c(C3=CC[C@@H](C(F)(F)F)CC3)cccc2c1)c1ccn[nH]1. The third kappa shape index (κ3) is 4.08. The highest BCUT2D eigenvalue weighted by Crippen LogP contribution is 2.40. The van der Waals surface area contributed by atoms with Gasteiger partial charge in [-0.05, 0) is 43.9 Å². The molecular weight excluding hydrogens is 393 g/mol. The number of hydrogen-bond acceptors (Lipinski definition) is 3. The van der Waals surface area contributed by atoms with Crippen LogP contribution in [0, 0.1) is 5.92 Å². The number of amides is 1. The van der Waals surface area contributed by atoms with Crippen LogP contribution in [-0.4, -0.2) is 27.3 Å². The quantitative estimate of drug-likeness (QED) is 0.617. The van der Waals surface area contributed by atoms with Gasteiger partial charge in [0.05, 0.1) is 28.7 Å². The molecule has 1 amide bonds. The molecule has 0 radical (unpaired) electrons. The fourth-order valence-corrected chi connectivity index (χ4v) is 3.79. The van der Waals surface area contributed by atoms with E-state index in [4.69, 9.17) is 0 Å². The molecule has 0 fully saturated rings. The van der Waals surface area contributed by atoms with Crippen molar-refractivity contribution in [3.05, 3.63) is 65.6 Å². The van der Waals surface area contributed by atoms with Crippen LogP contribution in [-0.2, 0) is 0 Å². The number of H-pyrrole nitrogens is 1. The number of carbonyl (C=O) groups excluding carboxylic acids is 1. The van der Waals surface area contributed by atoms with Crippen LogP contribution in [0.25, 0.3) is 16.5 Å². The first kappa shape index (κ1) is 20.1. The number of para-hydroxylation sites is 1. The lowest BCUT2D eigenvalue weighted by molar-refractivity contribution is -0.175. The second-order valence-electron chi connectivity index (χ2n) is 7.55. The van der Waals surface area contributed by atoms with Gasteiger partial charge >= 0.3 is 6.18 Å². The van der Waals surface area contributed by atoms with E-state index in [1.54, 1.807) is 24.4 Å². The molecule has 2 atom stereocenters. The molecule has 4 rings (SSSR count). The van der Waals surface area contributed by atoms with Gasteiger partial charge in [0.25, 0.3) is 5.91 Å². The Labute approximate surface area is 171 Å². The monoisotopic (exact) mass is 414 g/mol. The van der Waals surface area contributed by atoms with Crippen molar-refractivity contribution in [2.45, 2.75) is 38.4 Å². The van der Waals surface area contributed by atoms with Crippen LogP contribution >= 0.6 is 0 Å². The molecule has 1 aromatic carbocycles. The largest absolute Gasteiger partial charge is 0.392 e. The summed E-state index contributed by atoms with van der Waals surface area (Å²) in [6, 6.07) is 8.86. The highest BCUT2D eigenvalue weighted by molar-refractivity contribution is 5.99. The van der Waals surface area contributed by atoms with Crippen molar-refractivity contribution in [1.29, 1.82) is 0 Å². The number of allylic oxidation sites excluding steroid dienone is 2. The normalized spacial score (nSPS) is 18.1. The molecule has 0 saturated carbocycles. The van der Waals surface area contributed by atoms with E-state index in [-0.39, 0.29) is 24.8 Å². The third-order valence-electron chi connectivity index (χ3n) is 5.53. The van der Waals surface area contributed by atoms with E-state index < -0.39 is 12.1 Å². The van der Waals surface area contributed by atoms with Crippen molar-refractivity contribution in [2.75, 3.05) is 0 Å². The summed E-state index contributed by atoms with van der Waals surface area (Å²) in [5.74, 6) is -1.54. The number of nitrogens with one attached hydrogen (secondary N) is 2. The molecule has 0 bridgehead atoms. The lowest BCUT2D eigenvalue weighted by Crippen LogP contribution is -2.27. The summed E-state index contributed by atoms with van der Waals surface area (Å²) >= 11 is 0. The summed E-state index contributed by atoms with van der Waals surface area (Å²) in [6.45, 7) is 1.85. The number of alkyl halides is 3.